The van der Waals surface area contributed by atoms with Gasteiger partial charge >= 0.3 is 6.09 Å². The zero-order chi connectivity index (χ0) is 18.0. The number of rotatable bonds is 8. The highest BCUT2D eigenvalue weighted by Crippen LogP contribution is 2.25. The van der Waals surface area contributed by atoms with Crippen molar-refractivity contribution in [1.82, 2.24) is 10.6 Å². The molecule has 0 aliphatic heterocycles. The van der Waals surface area contributed by atoms with Crippen LogP contribution in [0, 0.1) is 0 Å². The maximum Gasteiger partial charge on any atom is 0.407 e. The Kier molecular flexibility index (Phi) is 7.88. The molecular formula is C17H26N2O5. The van der Waals surface area contributed by atoms with Gasteiger partial charge < -0.3 is 24.8 Å². The van der Waals surface area contributed by atoms with Gasteiger partial charge in [0.15, 0.2) is 11.5 Å². The number of methoxy groups -OCH3 is 1. The van der Waals surface area contributed by atoms with Crippen molar-refractivity contribution in [3.05, 3.63) is 24.3 Å². The number of para-hydroxylation sites is 2. The molecule has 0 saturated heterocycles. The third-order valence-corrected chi connectivity index (χ3v) is 2.77. The summed E-state index contributed by atoms with van der Waals surface area (Å²) in [6.45, 7) is 6.24. The van der Waals surface area contributed by atoms with E-state index in [1.807, 2.05) is 12.1 Å². The average Bonchev–Trinajstić information content (AvgIpc) is 2.50. The van der Waals surface area contributed by atoms with E-state index >= 15 is 0 Å². The number of hydrogen-bond acceptors (Lipinski definition) is 5. The molecule has 0 aliphatic carbocycles. The van der Waals surface area contributed by atoms with E-state index in [-0.39, 0.29) is 18.9 Å². The number of carbonyl (C=O) groups excluding carboxylic acids is 2. The van der Waals surface area contributed by atoms with Gasteiger partial charge in [-0.25, -0.2) is 4.79 Å². The molecule has 2 amide bonds. The summed E-state index contributed by atoms with van der Waals surface area (Å²) >= 11 is 0. The largest absolute Gasteiger partial charge is 0.493 e. The first-order valence-electron chi connectivity index (χ1n) is 7.81. The lowest BCUT2D eigenvalue weighted by molar-refractivity contribution is -0.121. The molecule has 0 aliphatic rings. The molecule has 134 valence electrons. The highest BCUT2D eigenvalue weighted by atomic mass is 16.6. The van der Waals surface area contributed by atoms with Crippen molar-refractivity contribution in [2.24, 2.45) is 0 Å². The van der Waals surface area contributed by atoms with Crippen LogP contribution < -0.4 is 20.1 Å². The smallest absolute Gasteiger partial charge is 0.407 e. The Hall–Kier alpha value is -2.44. The first-order valence-corrected chi connectivity index (χ1v) is 7.81. The summed E-state index contributed by atoms with van der Waals surface area (Å²) in [4.78, 5) is 23.1. The number of ether oxygens (including phenoxy) is 3. The van der Waals surface area contributed by atoms with E-state index in [0.717, 1.165) is 0 Å². The maximum atomic E-state index is 11.7. The highest BCUT2D eigenvalue weighted by molar-refractivity contribution is 5.77. The molecule has 1 aromatic rings. The van der Waals surface area contributed by atoms with E-state index in [1.165, 1.54) is 0 Å². The van der Waals surface area contributed by atoms with E-state index in [2.05, 4.69) is 10.6 Å². The molecule has 0 saturated carbocycles. The summed E-state index contributed by atoms with van der Waals surface area (Å²) in [5.41, 5.74) is -0.553. The first-order chi connectivity index (χ1) is 11.3. The SMILES string of the molecule is COc1ccccc1OCCNC(=O)CCNC(=O)OC(C)(C)C. The van der Waals surface area contributed by atoms with Gasteiger partial charge in [0.25, 0.3) is 0 Å². The average molecular weight is 338 g/mol. The van der Waals surface area contributed by atoms with Gasteiger partial charge in [-0.1, -0.05) is 12.1 Å². The zero-order valence-corrected chi connectivity index (χ0v) is 14.7. The summed E-state index contributed by atoms with van der Waals surface area (Å²) in [7, 11) is 1.57. The third kappa shape index (κ3) is 8.26. The second-order valence-electron chi connectivity index (χ2n) is 6.03. The monoisotopic (exact) mass is 338 g/mol. The highest BCUT2D eigenvalue weighted by Gasteiger charge is 2.15. The molecule has 0 radical (unpaired) electrons. The van der Waals surface area contributed by atoms with Crippen molar-refractivity contribution in [2.75, 3.05) is 26.8 Å². The molecule has 0 heterocycles. The van der Waals surface area contributed by atoms with Gasteiger partial charge in [0.05, 0.1) is 13.7 Å². The van der Waals surface area contributed by atoms with Gasteiger partial charge in [0.1, 0.15) is 12.2 Å². The third-order valence-electron chi connectivity index (χ3n) is 2.77. The minimum atomic E-state index is -0.553. The predicted octanol–water partition coefficient (Wildman–Crippen LogP) is 2.10. The van der Waals surface area contributed by atoms with Crippen molar-refractivity contribution in [2.45, 2.75) is 32.8 Å². The molecule has 0 atom stereocenters. The fraction of sp³-hybridized carbons (Fsp3) is 0.529. The van der Waals surface area contributed by atoms with Crippen LogP contribution in [0.1, 0.15) is 27.2 Å². The molecule has 1 aromatic carbocycles. The topological polar surface area (TPSA) is 85.9 Å². The van der Waals surface area contributed by atoms with Crippen LogP contribution in [0.5, 0.6) is 11.5 Å². The van der Waals surface area contributed by atoms with Gasteiger partial charge in [-0.2, -0.15) is 0 Å². The van der Waals surface area contributed by atoms with Gasteiger partial charge in [-0.15, -0.1) is 0 Å². The van der Waals surface area contributed by atoms with Gasteiger partial charge in [-0.05, 0) is 32.9 Å². The summed E-state index contributed by atoms with van der Waals surface area (Å²) in [6.07, 6.45) is -0.358. The number of amides is 2. The number of nitrogens with one attached hydrogen (secondary N) is 2. The van der Waals surface area contributed by atoms with Crippen LogP contribution in [-0.2, 0) is 9.53 Å². The Morgan fingerprint density at radius 3 is 2.33 bits per heavy atom. The fourth-order valence-electron chi connectivity index (χ4n) is 1.77. The van der Waals surface area contributed by atoms with E-state index in [4.69, 9.17) is 14.2 Å². The van der Waals surface area contributed by atoms with Crippen LogP contribution in [-0.4, -0.2) is 44.4 Å². The van der Waals surface area contributed by atoms with Crippen LogP contribution in [0.3, 0.4) is 0 Å². The fourth-order valence-corrected chi connectivity index (χ4v) is 1.77. The van der Waals surface area contributed by atoms with Crippen molar-refractivity contribution < 1.29 is 23.8 Å². The Bertz CT molecular complexity index is 540. The first kappa shape index (κ1) is 19.6. The van der Waals surface area contributed by atoms with Crippen molar-refractivity contribution in [3.8, 4) is 11.5 Å². The van der Waals surface area contributed by atoms with Crippen molar-refractivity contribution >= 4 is 12.0 Å². The summed E-state index contributed by atoms with van der Waals surface area (Å²) in [5, 5.41) is 5.25. The lowest BCUT2D eigenvalue weighted by Crippen LogP contribution is -2.35. The van der Waals surface area contributed by atoms with Gasteiger partial charge in [-0.3, -0.25) is 4.79 Å². The Labute approximate surface area is 142 Å². The molecular weight excluding hydrogens is 312 g/mol. The van der Waals surface area contributed by atoms with Crippen LogP contribution in [0.25, 0.3) is 0 Å². The second-order valence-corrected chi connectivity index (χ2v) is 6.03. The molecule has 0 bridgehead atoms. The summed E-state index contributed by atoms with van der Waals surface area (Å²) in [6, 6.07) is 7.30. The molecule has 0 fully saturated rings. The summed E-state index contributed by atoms with van der Waals surface area (Å²) in [5.74, 6) is 1.10. The van der Waals surface area contributed by atoms with E-state index in [1.54, 1.807) is 40.0 Å². The van der Waals surface area contributed by atoms with Crippen molar-refractivity contribution in [3.63, 3.8) is 0 Å². The standard InChI is InChI=1S/C17H26N2O5/c1-17(2,3)24-16(21)19-10-9-15(20)18-11-12-23-14-8-6-5-7-13(14)22-4/h5-8H,9-12H2,1-4H3,(H,18,20)(H,19,21). The Balaban J connectivity index is 2.15. The lowest BCUT2D eigenvalue weighted by Gasteiger charge is -2.19. The normalized spacial score (nSPS) is 10.7. The number of hydrogen-bond donors (Lipinski definition) is 2. The van der Waals surface area contributed by atoms with Crippen molar-refractivity contribution in [1.29, 1.82) is 0 Å². The van der Waals surface area contributed by atoms with E-state index in [9.17, 15) is 9.59 Å². The Morgan fingerprint density at radius 2 is 1.71 bits per heavy atom. The molecule has 0 spiro atoms. The van der Waals surface area contributed by atoms with Crippen LogP contribution in [0.15, 0.2) is 24.3 Å². The number of alkyl carbamates (subject to hydrolysis) is 1. The lowest BCUT2D eigenvalue weighted by atomic mass is 10.2. The molecule has 0 unspecified atom stereocenters. The maximum absolute atomic E-state index is 11.7. The molecule has 7 heteroatoms. The summed E-state index contributed by atoms with van der Waals surface area (Å²) < 4.78 is 15.8. The number of carbonyl (C=O) groups is 2. The zero-order valence-electron chi connectivity index (χ0n) is 14.7. The molecule has 1 rings (SSSR count). The molecule has 0 aromatic heterocycles. The minimum absolute atomic E-state index is 0.172. The molecule has 24 heavy (non-hydrogen) atoms. The van der Waals surface area contributed by atoms with Crippen LogP contribution >= 0.6 is 0 Å². The van der Waals surface area contributed by atoms with Crippen LogP contribution in [0.4, 0.5) is 4.79 Å². The second kappa shape index (κ2) is 9.64. The van der Waals surface area contributed by atoms with Crippen LogP contribution in [0.2, 0.25) is 0 Å². The van der Waals surface area contributed by atoms with Gasteiger partial charge in [0.2, 0.25) is 5.91 Å². The van der Waals surface area contributed by atoms with E-state index in [0.29, 0.717) is 24.7 Å². The van der Waals surface area contributed by atoms with Gasteiger partial charge in [0, 0.05) is 13.0 Å². The quantitative estimate of drug-likeness (QED) is 0.709. The molecule has 2 N–H and O–H groups in total. The minimum Gasteiger partial charge on any atom is -0.493 e. The Morgan fingerprint density at radius 1 is 1.04 bits per heavy atom. The number of benzene rings is 1. The molecule has 7 nitrogen and oxygen atoms in total. The predicted molar refractivity (Wildman–Crippen MR) is 90.4 cm³/mol. The van der Waals surface area contributed by atoms with E-state index < -0.39 is 11.7 Å².